The summed E-state index contributed by atoms with van der Waals surface area (Å²) < 4.78 is 10.4. The fourth-order valence-electron chi connectivity index (χ4n) is 4.34. The lowest BCUT2D eigenvalue weighted by Gasteiger charge is -2.38. The first-order valence-corrected chi connectivity index (χ1v) is 9.81. The van der Waals surface area contributed by atoms with Gasteiger partial charge in [0.25, 0.3) is 0 Å². The normalized spacial score (nSPS) is 26.6. The molecule has 2 aliphatic carbocycles. The molecule has 2 aliphatic rings. The van der Waals surface area contributed by atoms with Crippen molar-refractivity contribution >= 4 is 11.9 Å². The highest BCUT2D eigenvalue weighted by atomic mass is 16.5. The summed E-state index contributed by atoms with van der Waals surface area (Å²) in [4.78, 5) is 22.3. The molecule has 152 valence electrons. The lowest BCUT2D eigenvalue weighted by molar-refractivity contribution is -0.150. The smallest absolute Gasteiger partial charge is 0.333 e. The fraction of sp³-hybridized carbons (Fsp3) is 0.500. The Hall–Kier alpha value is -2.36. The molecule has 3 unspecified atom stereocenters. The Labute approximate surface area is 168 Å². The van der Waals surface area contributed by atoms with E-state index in [1.165, 1.54) is 18.9 Å². The summed E-state index contributed by atoms with van der Waals surface area (Å²) in [6, 6.07) is 9.55. The largest absolute Gasteiger partial charge is 0.459 e. The maximum atomic E-state index is 11.3. The van der Waals surface area contributed by atoms with Crippen molar-refractivity contribution in [2.24, 2.45) is 16.7 Å². The molecule has 0 spiro atoms. The molecule has 3 rings (SSSR count). The third kappa shape index (κ3) is 4.54. The molecule has 0 saturated heterocycles. The van der Waals surface area contributed by atoms with Gasteiger partial charge in [0.05, 0.1) is 0 Å². The molecule has 2 saturated carbocycles. The zero-order chi connectivity index (χ0) is 20.9. The van der Waals surface area contributed by atoms with Gasteiger partial charge < -0.3 is 9.47 Å². The Kier molecular flexibility index (Phi) is 6.87. The molecular formula is C24H32O4. The number of esters is 2. The van der Waals surface area contributed by atoms with Gasteiger partial charge in [0, 0.05) is 17.1 Å². The zero-order valence-electron chi connectivity index (χ0n) is 17.5. The number of hydrogen-bond donors (Lipinski definition) is 0. The van der Waals surface area contributed by atoms with Crippen molar-refractivity contribution in [3.05, 3.63) is 60.7 Å². The molecule has 4 heteroatoms. The van der Waals surface area contributed by atoms with Gasteiger partial charge in [0.2, 0.25) is 0 Å². The van der Waals surface area contributed by atoms with Gasteiger partial charge in [-0.3, -0.25) is 0 Å². The van der Waals surface area contributed by atoms with Crippen LogP contribution in [0, 0.1) is 16.7 Å². The van der Waals surface area contributed by atoms with Gasteiger partial charge in [0.15, 0.2) is 0 Å². The van der Waals surface area contributed by atoms with Crippen molar-refractivity contribution in [3.63, 3.8) is 0 Å². The van der Waals surface area contributed by atoms with Crippen molar-refractivity contribution in [2.45, 2.75) is 59.7 Å². The summed E-state index contributed by atoms with van der Waals surface area (Å²) in [5.41, 5.74) is 1.88. The van der Waals surface area contributed by atoms with Crippen molar-refractivity contribution in [2.75, 3.05) is 0 Å². The molecule has 0 radical (unpaired) electrons. The van der Waals surface area contributed by atoms with Gasteiger partial charge in [-0.15, -0.1) is 0 Å². The van der Waals surface area contributed by atoms with Crippen LogP contribution in [0.5, 0.6) is 0 Å². The Morgan fingerprint density at radius 1 is 1.21 bits per heavy atom. The number of benzene rings is 1. The van der Waals surface area contributed by atoms with E-state index in [0.717, 1.165) is 12.0 Å². The van der Waals surface area contributed by atoms with Crippen LogP contribution in [0.15, 0.2) is 55.1 Å². The average Bonchev–Trinajstić information content (AvgIpc) is 3.00. The van der Waals surface area contributed by atoms with E-state index in [-0.39, 0.29) is 23.5 Å². The molecule has 0 amide bonds. The molecule has 1 aromatic rings. The molecule has 3 atom stereocenters. The van der Waals surface area contributed by atoms with E-state index in [1.54, 1.807) is 6.92 Å². The topological polar surface area (TPSA) is 52.6 Å². The molecule has 2 bridgehead atoms. The van der Waals surface area contributed by atoms with E-state index >= 15 is 0 Å². The van der Waals surface area contributed by atoms with E-state index < -0.39 is 0 Å². The van der Waals surface area contributed by atoms with Crippen LogP contribution in [0.3, 0.4) is 0 Å². The highest BCUT2D eigenvalue weighted by molar-refractivity contribution is 5.86. The molecule has 1 aromatic carbocycles. The molecular weight excluding hydrogens is 352 g/mol. The monoisotopic (exact) mass is 384 g/mol. The maximum Gasteiger partial charge on any atom is 0.333 e. The number of rotatable bonds is 5. The summed E-state index contributed by atoms with van der Waals surface area (Å²) in [7, 11) is 0. The Balaban J connectivity index is 0.000000203. The number of fused-ring (bicyclic) bond motifs is 2. The molecule has 2 fully saturated rings. The predicted molar refractivity (Wildman–Crippen MR) is 110 cm³/mol. The second kappa shape index (κ2) is 8.76. The lowest BCUT2D eigenvalue weighted by atomic mass is 9.70. The Morgan fingerprint density at radius 3 is 2.32 bits per heavy atom. The van der Waals surface area contributed by atoms with E-state index in [4.69, 9.17) is 9.47 Å². The summed E-state index contributed by atoms with van der Waals surface area (Å²) in [5.74, 6) is 0.0959. The van der Waals surface area contributed by atoms with Gasteiger partial charge >= 0.3 is 11.9 Å². The lowest BCUT2D eigenvalue weighted by Crippen LogP contribution is -2.38. The summed E-state index contributed by atoms with van der Waals surface area (Å²) in [6.07, 6.45) is 4.85. The number of carbonyl (C=O) groups excluding carboxylic acids is 2. The first kappa shape index (κ1) is 21.9. The second-order valence-corrected chi connectivity index (χ2v) is 8.58. The summed E-state index contributed by atoms with van der Waals surface area (Å²) >= 11 is 0. The van der Waals surface area contributed by atoms with E-state index in [9.17, 15) is 9.59 Å². The minimum atomic E-state index is -0.344. The quantitative estimate of drug-likeness (QED) is 0.515. The number of hydrogen-bond acceptors (Lipinski definition) is 4. The van der Waals surface area contributed by atoms with Crippen molar-refractivity contribution in [1.29, 1.82) is 0 Å². The van der Waals surface area contributed by atoms with Crippen LogP contribution in [0.1, 0.15) is 52.5 Å². The third-order valence-corrected chi connectivity index (χ3v) is 6.70. The molecule has 0 heterocycles. The van der Waals surface area contributed by atoms with E-state index in [2.05, 4.69) is 33.9 Å². The third-order valence-electron chi connectivity index (χ3n) is 6.70. The molecule has 0 N–H and O–H groups in total. The van der Waals surface area contributed by atoms with E-state index in [1.807, 2.05) is 30.3 Å². The predicted octanol–water partition coefficient (Wildman–Crippen LogP) is 5.24. The SMILES string of the molecule is C=C(C)C(=O)OCc1ccccc1.C=CC(=O)OC1CC2CCC1(C)C2(C)C. The minimum Gasteiger partial charge on any atom is -0.459 e. The van der Waals surface area contributed by atoms with Crippen molar-refractivity contribution < 1.29 is 19.1 Å². The average molecular weight is 385 g/mol. The number of carbonyl (C=O) groups is 2. The van der Waals surface area contributed by atoms with Crippen LogP contribution in [0.25, 0.3) is 0 Å². The fourth-order valence-corrected chi connectivity index (χ4v) is 4.34. The highest BCUT2D eigenvalue weighted by Gasteiger charge is 2.62. The van der Waals surface area contributed by atoms with Crippen LogP contribution >= 0.6 is 0 Å². The van der Waals surface area contributed by atoms with Gasteiger partial charge in [0.1, 0.15) is 12.7 Å². The zero-order valence-corrected chi connectivity index (χ0v) is 17.5. The molecule has 4 nitrogen and oxygen atoms in total. The Morgan fingerprint density at radius 2 is 1.86 bits per heavy atom. The van der Waals surface area contributed by atoms with Crippen LogP contribution in [-0.4, -0.2) is 18.0 Å². The standard InChI is InChI=1S/C13H20O2.C11H12O2/c1-5-11(14)15-10-8-9-6-7-13(10,4)12(9,2)3;1-9(2)11(12)13-8-10-6-4-3-5-7-10/h5,9-10H,1,6-8H2,2-4H3;3-7H,1,8H2,2H3. The highest BCUT2D eigenvalue weighted by Crippen LogP contribution is 2.66. The number of ether oxygens (including phenoxy) is 2. The van der Waals surface area contributed by atoms with Crippen LogP contribution in [0.2, 0.25) is 0 Å². The Bertz CT molecular complexity index is 734. The minimum absolute atomic E-state index is 0.0942. The van der Waals surface area contributed by atoms with Gasteiger partial charge in [-0.05, 0) is 43.1 Å². The first-order chi connectivity index (χ1) is 13.1. The summed E-state index contributed by atoms with van der Waals surface area (Å²) in [5, 5.41) is 0. The van der Waals surface area contributed by atoms with Gasteiger partial charge in [-0.2, -0.15) is 0 Å². The van der Waals surface area contributed by atoms with Gasteiger partial charge in [-0.25, -0.2) is 9.59 Å². The van der Waals surface area contributed by atoms with Crippen molar-refractivity contribution in [3.8, 4) is 0 Å². The molecule has 28 heavy (non-hydrogen) atoms. The van der Waals surface area contributed by atoms with E-state index in [0.29, 0.717) is 23.5 Å². The molecule has 0 aliphatic heterocycles. The van der Waals surface area contributed by atoms with Crippen LogP contribution in [-0.2, 0) is 25.7 Å². The van der Waals surface area contributed by atoms with Crippen molar-refractivity contribution in [1.82, 2.24) is 0 Å². The summed E-state index contributed by atoms with van der Waals surface area (Å²) in [6.45, 7) is 15.8. The van der Waals surface area contributed by atoms with Crippen LogP contribution in [0.4, 0.5) is 0 Å². The second-order valence-electron chi connectivity index (χ2n) is 8.58. The van der Waals surface area contributed by atoms with Gasteiger partial charge in [-0.1, -0.05) is 64.3 Å². The van der Waals surface area contributed by atoms with Crippen LogP contribution < -0.4 is 0 Å². The first-order valence-electron chi connectivity index (χ1n) is 9.81. The molecule has 0 aromatic heterocycles. The maximum absolute atomic E-state index is 11.3.